The molecular weight excluding hydrogens is 336 g/mol. The van der Waals surface area contributed by atoms with Gasteiger partial charge in [0.25, 0.3) is 5.91 Å². The zero-order chi connectivity index (χ0) is 17.2. The number of benzene rings is 1. The third-order valence-electron chi connectivity index (χ3n) is 4.18. The van der Waals surface area contributed by atoms with E-state index in [1.54, 1.807) is 17.1 Å². The molecule has 0 saturated carbocycles. The summed E-state index contributed by atoms with van der Waals surface area (Å²) in [7, 11) is 1.83. The Kier molecular flexibility index (Phi) is 4.33. The molecule has 4 rings (SSSR count). The van der Waals surface area contributed by atoms with Gasteiger partial charge in [0.05, 0.1) is 24.1 Å². The predicted molar refractivity (Wildman–Crippen MR) is 96.9 cm³/mol. The van der Waals surface area contributed by atoms with Gasteiger partial charge in [-0.25, -0.2) is 4.98 Å². The van der Waals surface area contributed by atoms with Gasteiger partial charge in [0, 0.05) is 31.3 Å². The Labute approximate surface area is 149 Å². The van der Waals surface area contributed by atoms with Crippen LogP contribution in [0.15, 0.2) is 42.7 Å². The Hall–Kier alpha value is -2.51. The van der Waals surface area contributed by atoms with E-state index in [1.807, 2.05) is 37.4 Å². The lowest BCUT2D eigenvalue weighted by molar-refractivity contribution is 0.102. The summed E-state index contributed by atoms with van der Waals surface area (Å²) in [5, 5.41) is 9.02. The number of carbonyl (C=O) groups excluding carboxylic acids is 1. The Morgan fingerprint density at radius 3 is 2.96 bits per heavy atom. The number of hydrogen-bond acceptors (Lipinski definition) is 5. The van der Waals surface area contributed by atoms with Crippen LogP contribution in [0.1, 0.15) is 28.4 Å². The van der Waals surface area contributed by atoms with Gasteiger partial charge in [-0.2, -0.15) is 5.10 Å². The standard InChI is InChI=1S/C18H18N4O2S/c1-22-10-14(16(21-22)13-7-8-24-11-13)17(23)20-15-9-19-18(25-15)12-5-3-2-4-6-12/h2-6,9-10,13H,7-8,11H2,1H3,(H,20,23). The molecule has 3 heterocycles. The van der Waals surface area contributed by atoms with Gasteiger partial charge in [0.2, 0.25) is 0 Å². The molecule has 1 N–H and O–H groups in total. The van der Waals surface area contributed by atoms with Crippen LogP contribution in [-0.4, -0.2) is 33.9 Å². The molecule has 0 radical (unpaired) electrons. The van der Waals surface area contributed by atoms with E-state index in [0.717, 1.165) is 34.3 Å². The second-order valence-corrected chi connectivity index (χ2v) is 7.04. The van der Waals surface area contributed by atoms with Gasteiger partial charge >= 0.3 is 0 Å². The molecule has 3 aromatic rings. The predicted octanol–water partition coefficient (Wildman–Crippen LogP) is 3.30. The average Bonchev–Trinajstić information content (AvgIpc) is 3.35. The number of carbonyl (C=O) groups is 1. The molecule has 0 spiro atoms. The van der Waals surface area contributed by atoms with Crippen molar-refractivity contribution in [3.05, 3.63) is 54.0 Å². The van der Waals surface area contributed by atoms with E-state index in [1.165, 1.54) is 11.3 Å². The van der Waals surface area contributed by atoms with Crippen LogP contribution in [0.25, 0.3) is 10.6 Å². The van der Waals surface area contributed by atoms with E-state index < -0.39 is 0 Å². The largest absolute Gasteiger partial charge is 0.381 e. The summed E-state index contributed by atoms with van der Waals surface area (Å²) in [6.45, 7) is 1.34. The molecule has 25 heavy (non-hydrogen) atoms. The molecule has 7 heteroatoms. The molecule has 1 aliphatic heterocycles. The highest BCUT2D eigenvalue weighted by Crippen LogP contribution is 2.30. The van der Waals surface area contributed by atoms with Crippen LogP contribution in [0.3, 0.4) is 0 Å². The van der Waals surface area contributed by atoms with Gasteiger partial charge in [0.1, 0.15) is 10.0 Å². The molecule has 2 aromatic heterocycles. The molecule has 1 saturated heterocycles. The van der Waals surface area contributed by atoms with Crippen molar-refractivity contribution in [1.29, 1.82) is 0 Å². The summed E-state index contributed by atoms with van der Waals surface area (Å²) in [5.41, 5.74) is 2.45. The number of aryl methyl sites for hydroxylation is 1. The van der Waals surface area contributed by atoms with Gasteiger partial charge in [0.15, 0.2) is 0 Å². The van der Waals surface area contributed by atoms with E-state index in [-0.39, 0.29) is 11.8 Å². The Bertz CT molecular complexity index is 882. The quantitative estimate of drug-likeness (QED) is 0.780. The molecule has 6 nitrogen and oxygen atoms in total. The Morgan fingerprint density at radius 2 is 2.20 bits per heavy atom. The van der Waals surface area contributed by atoms with Crippen LogP contribution in [0.5, 0.6) is 0 Å². The van der Waals surface area contributed by atoms with Crippen molar-refractivity contribution in [2.75, 3.05) is 18.5 Å². The summed E-state index contributed by atoms with van der Waals surface area (Å²) in [4.78, 5) is 17.1. The van der Waals surface area contributed by atoms with Crippen molar-refractivity contribution in [1.82, 2.24) is 14.8 Å². The van der Waals surface area contributed by atoms with Crippen LogP contribution in [-0.2, 0) is 11.8 Å². The lowest BCUT2D eigenvalue weighted by Gasteiger charge is -2.07. The maximum atomic E-state index is 12.7. The molecule has 1 unspecified atom stereocenters. The van der Waals surface area contributed by atoms with Gasteiger partial charge in [-0.1, -0.05) is 41.7 Å². The highest BCUT2D eigenvalue weighted by molar-refractivity contribution is 7.19. The topological polar surface area (TPSA) is 69.0 Å². The van der Waals surface area contributed by atoms with Crippen LogP contribution in [0.4, 0.5) is 5.00 Å². The van der Waals surface area contributed by atoms with Crippen molar-refractivity contribution in [3.63, 3.8) is 0 Å². The maximum absolute atomic E-state index is 12.7. The van der Waals surface area contributed by atoms with E-state index in [2.05, 4.69) is 15.4 Å². The first kappa shape index (κ1) is 16.0. The van der Waals surface area contributed by atoms with E-state index in [4.69, 9.17) is 4.74 Å². The normalized spacial score (nSPS) is 16.9. The number of aromatic nitrogens is 3. The highest BCUT2D eigenvalue weighted by Gasteiger charge is 2.26. The van der Waals surface area contributed by atoms with Crippen LogP contribution >= 0.6 is 11.3 Å². The van der Waals surface area contributed by atoms with E-state index in [9.17, 15) is 4.79 Å². The molecule has 0 aliphatic carbocycles. The highest BCUT2D eigenvalue weighted by atomic mass is 32.1. The number of ether oxygens (including phenoxy) is 1. The second-order valence-electron chi connectivity index (χ2n) is 6.01. The number of amides is 1. The van der Waals surface area contributed by atoms with Crippen LogP contribution in [0, 0.1) is 0 Å². The molecule has 128 valence electrons. The fraction of sp³-hybridized carbons (Fsp3) is 0.278. The zero-order valence-corrected chi connectivity index (χ0v) is 14.6. The summed E-state index contributed by atoms with van der Waals surface area (Å²) < 4.78 is 7.12. The minimum atomic E-state index is -0.154. The number of nitrogens with zero attached hydrogens (tertiary/aromatic N) is 3. The number of hydrogen-bond donors (Lipinski definition) is 1. The minimum Gasteiger partial charge on any atom is -0.381 e. The van der Waals surface area contributed by atoms with Crippen molar-refractivity contribution in [3.8, 4) is 10.6 Å². The van der Waals surface area contributed by atoms with Gasteiger partial charge in [-0.15, -0.1) is 0 Å². The van der Waals surface area contributed by atoms with Crippen LogP contribution in [0.2, 0.25) is 0 Å². The van der Waals surface area contributed by atoms with Crippen molar-refractivity contribution in [2.45, 2.75) is 12.3 Å². The molecular formula is C18H18N4O2S. The number of rotatable bonds is 4. The van der Waals surface area contributed by atoms with E-state index >= 15 is 0 Å². The monoisotopic (exact) mass is 354 g/mol. The summed E-state index contributed by atoms with van der Waals surface area (Å²) in [6, 6.07) is 9.92. The summed E-state index contributed by atoms with van der Waals surface area (Å²) in [6.07, 6.45) is 4.36. The average molecular weight is 354 g/mol. The molecule has 1 amide bonds. The smallest absolute Gasteiger partial charge is 0.259 e. The summed E-state index contributed by atoms with van der Waals surface area (Å²) >= 11 is 1.46. The molecule has 1 aliphatic rings. The molecule has 1 aromatic carbocycles. The van der Waals surface area contributed by atoms with E-state index in [0.29, 0.717) is 12.2 Å². The lowest BCUT2D eigenvalue weighted by atomic mass is 10.0. The Morgan fingerprint density at radius 1 is 1.36 bits per heavy atom. The fourth-order valence-electron chi connectivity index (χ4n) is 2.96. The van der Waals surface area contributed by atoms with Gasteiger partial charge in [-0.05, 0) is 6.42 Å². The van der Waals surface area contributed by atoms with Crippen molar-refractivity contribution in [2.24, 2.45) is 7.05 Å². The number of nitrogens with one attached hydrogen (secondary N) is 1. The third kappa shape index (κ3) is 3.33. The first-order valence-electron chi connectivity index (χ1n) is 8.14. The molecule has 0 bridgehead atoms. The number of anilines is 1. The maximum Gasteiger partial charge on any atom is 0.259 e. The second kappa shape index (κ2) is 6.78. The van der Waals surface area contributed by atoms with Crippen molar-refractivity contribution < 1.29 is 9.53 Å². The van der Waals surface area contributed by atoms with Gasteiger partial charge in [-0.3, -0.25) is 9.48 Å². The summed E-state index contributed by atoms with van der Waals surface area (Å²) in [5.74, 6) is 0.0292. The minimum absolute atomic E-state index is 0.154. The first-order chi connectivity index (χ1) is 12.2. The molecule has 1 atom stereocenters. The Balaban J connectivity index is 1.54. The zero-order valence-electron chi connectivity index (χ0n) is 13.8. The SMILES string of the molecule is Cn1cc(C(=O)Nc2cnc(-c3ccccc3)s2)c(C2CCOC2)n1. The van der Waals surface area contributed by atoms with Crippen molar-refractivity contribution >= 4 is 22.2 Å². The number of thiazole rings is 1. The first-order valence-corrected chi connectivity index (χ1v) is 8.96. The van der Waals surface area contributed by atoms with Gasteiger partial charge < -0.3 is 10.1 Å². The molecule has 1 fully saturated rings. The lowest BCUT2D eigenvalue weighted by Crippen LogP contribution is -2.14. The third-order valence-corrected chi connectivity index (χ3v) is 5.14. The fourth-order valence-corrected chi connectivity index (χ4v) is 3.77. The van der Waals surface area contributed by atoms with Crippen LogP contribution < -0.4 is 5.32 Å².